The zero-order valence-corrected chi connectivity index (χ0v) is 19.8. The summed E-state index contributed by atoms with van der Waals surface area (Å²) in [6.07, 6.45) is 8.93. The molecule has 2 aliphatic rings. The number of carbonyl (C=O) groups is 2. The van der Waals surface area contributed by atoms with Gasteiger partial charge in [-0.05, 0) is 57.4 Å². The van der Waals surface area contributed by atoms with Crippen LogP contribution < -0.4 is 11.1 Å². The normalized spacial score (nSPS) is 22.7. The van der Waals surface area contributed by atoms with Gasteiger partial charge in [0.05, 0.1) is 10.4 Å². The third-order valence-corrected chi connectivity index (χ3v) is 8.40. The van der Waals surface area contributed by atoms with Gasteiger partial charge in [-0.15, -0.1) is 11.8 Å². The Morgan fingerprint density at radius 1 is 1.23 bits per heavy atom. The zero-order chi connectivity index (χ0) is 21.5. The lowest BCUT2D eigenvalue weighted by molar-refractivity contribution is -0.130. The van der Waals surface area contributed by atoms with Gasteiger partial charge in [0.1, 0.15) is 0 Å². The van der Waals surface area contributed by atoms with Gasteiger partial charge in [0.25, 0.3) is 0 Å². The summed E-state index contributed by atoms with van der Waals surface area (Å²) in [5.41, 5.74) is 5.56. The molecule has 0 aromatic carbocycles. The van der Waals surface area contributed by atoms with E-state index in [0.29, 0.717) is 11.7 Å². The number of amides is 3. The lowest BCUT2D eigenvalue weighted by Crippen LogP contribution is -2.54. The molecule has 1 aliphatic heterocycles. The molecule has 0 radical (unpaired) electrons. The van der Waals surface area contributed by atoms with Crippen molar-refractivity contribution in [3.05, 3.63) is 6.20 Å². The van der Waals surface area contributed by atoms with E-state index in [4.69, 9.17) is 5.73 Å². The smallest absolute Gasteiger partial charge is 0.324 e. The number of carbonyl (C=O) groups excluding carboxylic acids is 2. The quantitative estimate of drug-likeness (QED) is 0.481. The van der Waals surface area contributed by atoms with Crippen LogP contribution in [0.3, 0.4) is 0 Å². The number of likely N-dealkylation sites (tertiary alicyclic amines) is 1. The first-order valence-corrected chi connectivity index (χ1v) is 12.9. The van der Waals surface area contributed by atoms with Crippen LogP contribution in [0.1, 0.15) is 58.8 Å². The van der Waals surface area contributed by atoms with Crippen molar-refractivity contribution >= 4 is 40.2 Å². The molecule has 1 aromatic rings. The summed E-state index contributed by atoms with van der Waals surface area (Å²) in [4.78, 5) is 33.4. The van der Waals surface area contributed by atoms with Crippen LogP contribution in [0.2, 0.25) is 0 Å². The number of nitrogens with zero attached hydrogens (tertiary/aromatic N) is 3. The van der Waals surface area contributed by atoms with E-state index in [1.807, 2.05) is 11.1 Å². The van der Waals surface area contributed by atoms with Crippen LogP contribution in [-0.4, -0.2) is 64.2 Å². The summed E-state index contributed by atoms with van der Waals surface area (Å²) in [5, 5.41) is 3.73. The molecule has 2 heterocycles. The number of hydrogen-bond acceptors (Lipinski definition) is 6. The molecule has 168 valence electrons. The first-order chi connectivity index (χ1) is 14.5. The van der Waals surface area contributed by atoms with Gasteiger partial charge in [-0.2, -0.15) is 0 Å². The number of nitrogens with two attached hydrogens (primary N) is 1. The van der Waals surface area contributed by atoms with E-state index in [2.05, 4.69) is 22.1 Å². The molecule has 0 spiro atoms. The fraction of sp³-hybridized carbons (Fsp3) is 0.762. The molecule has 0 unspecified atom stereocenters. The van der Waals surface area contributed by atoms with Crippen LogP contribution in [0, 0.1) is 5.92 Å². The lowest BCUT2D eigenvalue weighted by atomic mass is 9.85. The number of nitrogens with one attached hydrogen (secondary N) is 1. The molecule has 3 N–H and O–H groups in total. The number of thioether (sulfide) groups is 1. The van der Waals surface area contributed by atoms with E-state index >= 15 is 0 Å². The molecule has 9 heteroatoms. The molecule has 1 aromatic heterocycles. The molecular weight excluding hydrogens is 418 g/mol. The van der Waals surface area contributed by atoms with Crippen molar-refractivity contribution in [3.63, 3.8) is 0 Å². The Morgan fingerprint density at radius 2 is 1.90 bits per heavy atom. The number of piperidine rings is 1. The summed E-state index contributed by atoms with van der Waals surface area (Å²) in [6, 6.07) is 0.412. The highest BCUT2D eigenvalue weighted by Gasteiger charge is 2.35. The SMILES string of the molecule is CC(=O)N1CCC(N(C(=O)Nc2ncc(SCCCN)s2)[C@H]2CC[C@H](C)CC2)CC1. The molecule has 2 fully saturated rings. The molecule has 1 saturated carbocycles. The topological polar surface area (TPSA) is 91.6 Å². The van der Waals surface area contributed by atoms with Crippen molar-refractivity contribution in [3.8, 4) is 0 Å². The third kappa shape index (κ3) is 6.34. The lowest BCUT2D eigenvalue weighted by Gasteiger charge is -2.44. The maximum absolute atomic E-state index is 13.4. The van der Waals surface area contributed by atoms with Crippen molar-refractivity contribution < 1.29 is 9.59 Å². The summed E-state index contributed by atoms with van der Waals surface area (Å²) in [5.74, 6) is 1.82. The van der Waals surface area contributed by atoms with Gasteiger partial charge in [-0.1, -0.05) is 18.3 Å². The monoisotopic (exact) mass is 453 g/mol. The average molecular weight is 454 g/mol. The van der Waals surface area contributed by atoms with Crippen LogP contribution in [0.15, 0.2) is 10.4 Å². The molecule has 0 bridgehead atoms. The van der Waals surface area contributed by atoms with Gasteiger partial charge in [0.2, 0.25) is 5.91 Å². The maximum atomic E-state index is 13.4. The van der Waals surface area contributed by atoms with E-state index in [9.17, 15) is 9.59 Å². The standard InChI is InChI=1S/C21H35N5O2S2/c1-15-4-6-17(7-5-15)26(18-8-11-25(12-9-18)16(2)27)21(28)24-20-23-14-19(30-20)29-13-3-10-22/h14-15,17-18H,3-13,22H2,1-2H3,(H,23,24,28)/t15-,17-. The van der Waals surface area contributed by atoms with Crippen LogP contribution >= 0.6 is 23.1 Å². The Labute approximate surface area is 188 Å². The van der Waals surface area contributed by atoms with E-state index in [0.717, 1.165) is 61.1 Å². The van der Waals surface area contributed by atoms with Gasteiger partial charge in [-0.25, -0.2) is 9.78 Å². The number of anilines is 1. The second-order valence-corrected chi connectivity index (χ2v) is 10.9. The Bertz CT molecular complexity index is 697. The summed E-state index contributed by atoms with van der Waals surface area (Å²) >= 11 is 3.26. The highest BCUT2D eigenvalue weighted by molar-refractivity contribution is 8.01. The average Bonchev–Trinajstić information content (AvgIpc) is 3.17. The zero-order valence-electron chi connectivity index (χ0n) is 18.1. The van der Waals surface area contributed by atoms with Crippen molar-refractivity contribution in [1.29, 1.82) is 0 Å². The fourth-order valence-electron chi connectivity index (χ4n) is 4.41. The minimum atomic E-state index is -0.0383. The van der Waals surface area contributed by atoms with Crippen molar-refractivity contribution in [2.75, 3.05) is 30.7 Å². The Balaban J connectivity index is 1.65. The van der Waals surface area contributed by atoms with E-state index in [1.165, 1.54) is 24.2 Å². The summed E-state index contributed by atoms with van der Waals surface area (Å²) in [6.45, 7) is 6.06. The van der Waals surface area contributed by atoms with Gasteiger partial charge in [0.15, 0.2) is 5.13 Å². The number of thiazole rings is 1. The van der Waals surface area contributed by atoms with Crippen molar-refractivity contribution in [1.82, 2.24) is 14.8 Å². The molecule has 3 amide bonds. The highest BCUT2D eigenvalue weighted by atomic mass is 32.2. The van der Waals surface area contributed by atoms with Gasteiger partial charge < -0.3 is 15.5 Å². The number of aromatic nitrogens is 1. The molecule has 30 heavy (non-hydrogen) atoms. The Kier molecular flexibility index (Phi) is 8.83. The number of urea groups is 1. The van der Waals surface area contributed by atoms with Crippen LogP contribution in [-0.2, 0) is 4.79 Å². The number of hydrogen-bond donors (Lipinski definition) is 2. The van der Waals surface area contributed by atoms with Crippen molar-refractivity contribution in [2.24, 2.45) is 11.7 Å². The minimum absolute atomic E-state index is 0.0383. The molecular formula is C21H35N5O2S2. The van der Waals surface area contributed by atoms with E-state index in [-0.39, 0.29) is 24.0 Å². The summed E-state index contributed by atoms with van der Waals surface area (Å²) in [7, 11) is 0. The maximum Gasteiger partial charge on any atom is 0.324 e. The van der Waals surface area contributed by atoms with E-state index < -0.39 is 0 Å². The summed E-state index contributed by atoms with van der Waals surface area (Å²) < 4.78 is 1.10. The van der Waals surface area contributed by atoms with Crippen molar-refractivity contribution in [2.45, 2.75) is 75.1 Å². The molecule has 1 saturated heterocycles. The first-order valence-electron chi connectivity index (χ1n) is 11.1. The Morgan fingerprint density at radius 3 is 2.53 bits per heavy atom. The molecule has 3 rings (SSSR count). The second-order valence-electron chi connectivity index (χ2n) is 8.46. The van der Waals surface area contributed by atoms with Gasteiger partial charge in [0, 0.05) is 37.8 Å². The van der Waals surface area contributed by atoms with Crippen LogP contribution in [0.4, 0.5) is 9.93 Å². The highest BCUT2D eigenvalue weighted by Crippen LogP contribution is 2.33. The second kappa shape index (κ2) is 11.3. The molecule has 0 atom stereocenters. The largest absolute Gasteiger partial charge is 0.343 e. The van der Waals surface area contributed by atoms with E-state index in [1.54, 1.807) is 18.7 Å². The predicted octanol–water partition coefficient (Wildman–Crippen LogP) is 4.01. The Hall–Kier alpha value is -1.32. The van der Waals surface area contributed by atoms with Gasteiger partial charge >= 0.3 is 6.03 Å². The predicted molar refractivity (Wildman–Crippen MR) is 124 cm³/mol. The van der Waals surface area contributed by atoms with Gasteiger partial charge in [-0.3, -0.25) is 10.1 Å². The van der Waals surface area contributed by atoms with Crippen LogP contribution in [0.25, 0.3) is 0 Å². The fourth-order valence-corrected chi connectivity index (χ4v) is 6.31. The van der Waals surface area contributed by atoms with Crippen LogP contribution in [0.5, 0.6) is 0 Å². The minimum Gasteiger partial charge on any atom is -0.343 e. The first kappa shape index (κ1) is 23.3. The molecule has 1 aliphatic carbocycles. The third-order valence-electron chi connectivity index (χ3n) is 6.21. The molecule has 7 nitrogen and oxygen atoms in total. The number of rotatable bonds is 7.